The third-order valence-electron chi connectivity index (χ3n) is 3.99. The minimum Gasteiger partial charge on any atom is -0.481 e. The molecule has 1 saturated heterocycles. The molecule has 2 heterocycles. The van der Waals surface area contributed by atoms with Crippen LogP contribution in [0, 0.1) is 5.92 Å². The fourth-order valence-corrected chi connectivity index (χ4v) is 4.17. The van der Waals surface area contributed by atoms with Crippen molar-refractivity contribution < 1.29 is 23.1 Å². The molecular weight excluding hydrogens is 326 g/mol. The summed E-state index contributed by atoms with van der Waals surface area (Å²) in [5, 5.41) is 13.1. The molecule has 0 radical (unpaired) electrons. The summed E-state index contributed by atoms with van der Waals surface area (Å²) >= 11 is 1.43. The number of sulfone groups is 1. The van der Waals surface area contributed by atoms with E-state index in [2.05, 4.69) is 0 Å². The second kappa shape index (κ2) is 6.78. The number of rotatable bonds is 6. The van der Waals surface area contributed by atoms with Gasteiger partial charge in [0.25, 0.3) is 0 Å². The molecule has 0 aliphatic carbocycles. The molecule has 122 valence electrons. The topological polar surface area (TPSA) is 91.8 Å². The van der Waals surface area contributed by atoms with Crippen molar-refractivity contribution in [1.29, 1.82) is 0 Å². The van der Waals surface area contributed by atoms with Crippen molar-refractivity contribution in [1.82, 2.24) is 4.90 Å². The molecule has 1 N–H and O–H groups in total. The molecule has 1 aliphatic rings. The third kappa shape index (κ3) is 3.67. The fraction of sp³-hybridized carbons (Fsp3) is 0.571. The van der Waals surface area contributed by atoms with Crippen LogP contribution in [0.3, 0.4) is 0 Å². The number of thiophene rings is 1. The minimum atomic E-state index is -3.21. The fourth-order valence-electron chi connectivity index (χ4n) is 2.71. The lowest BCUT2D eigenvalue weighted by Crippen LogP contribution is -2.47. The predicted octanol–water partition coefficient (Wildman–Crippen LogP) is 1.55. The molecule has 8 heteroatoms. The van der Waals surface area contributed by atoms with Gasteiger partial charge in [-0.2, -0.15) is 11.3 Å². The van der Waals surface area contributed by atoms with Crippen molar-refractivity contribution in [2.24, 2.45) is 5.92 Å². The van der Waals surface area contributed by atoms with Gasteiger partial charge in [0.1, 0.15) is 0 Å². The van der Waals surface area contributed by atoms with Crippen LogP contribution in [-0.4, -0.2) is 48.4 Å². The lowest BCUT2D eigenvalue weighted by atomic mass is 9.85. The van der Waals surface area contributed by atoms with E-state index in [-0.39, 0.29) is 36.8 Å². The summed E-state index contributed by atoms with van der Waals surface area (Å²) in [6.07, 6.45) is 0.426. The van der Waals surface area contributed by atoms with Crippen LogP contribution in [0.1, 0.15) is 31.4 Å². The Morgan fingerprint density at radius 2 is 2.23 bits per heavy atom. The Morgan fingerprint density at radius 1 is 1.50 bits per heavy atom. The molecule has 1 aromatic heterocycles. The van der Waals surface area contributed by atoms with Gasteiger partial charge in [0, 0.05) is 18.7 Å². The number of carbonyl (C=O) groups excluding carboxylic acids is 1. The largest absolute Gasteiger partial charge is 0.481 e. The van der Waals surface area contributed by atoms with Crippen LogP contribution < -0.4 is 0 Å². The zero-order valence-corrected chi connectivity index (χ0v) is 13.9. The van der Waals surface area contributed by atoms with Crippen molar-refractivity contribution in [2.45, 2.75) is 25.8 Å². The van der Waals surface area contributed by atoms with Crippen LogP contribution in [0.25, 0.3) is 0 Å². The van der Waals surface area contributed by atoms with Gasteiger partial charge in [0.05, 0.1) is 17.7 Å². The quantitative estimate of drug-likeness (QED) is 0.844. The molecule has 1 aliphatic heterocycles. The highest BCUT2D eigenvalue weighted by Gasteiger charge is 2.41. The lowest BCUT2D eigenvalue weighted by molar-refractivity contribution is -0.151. The van der Waals surface area contributed by atoms with Gasteiger partial charge in [-0.1, -0.05) is 6.92 Å². The summed E-state index contributed by atoms with van der Waals surface area (Å²) in [7, 11) is -3.21. The van der Waals surface area contributed by atoms with Gasteiger partial charge in [-0.3, -0.25) is 9.59 Å². The van der Waals surface area contributed by atoms with E-state index in [0.717, 1.165) is 5.56 Å². The minimum absolute atomic E-state index is 0.0144. The van der Waals surface area contributed by atoms with E-state index < -0.39 is 27.8 Å². The number of amides is 1. The second-order valence-corrected chi connectivity index (χ2v) is 8.56. The Kier molecular flexibility index (Phi) is 5.23. The second-order valence-electron chi connectivity index (χ2n) is 5.31. The number of piperidine rings is 1. The van der Waals surface area contributed by atoms with Crippen LogP contribution in [-0.2, 0) is 19.4 Å². The normalized spacial score (nSPS) is 22.8. The molecule has 6 nitrogen and oxygen atoms in total. The van der Waals surface area contributed by atoms with Crippen molar-refractivity contribution in [3.05, 3.63) is 22.4 Å². The predicted molar refractivity (Wildman–Crippen MR) is 83.5 cm³/mol. The monoisotopic (exact) mass is 345 g/mol. The molecule has 2 unspecified atom stereocenters. The Morgan fingerprint density at radius 3 is 2.77 bits per heavy atom. The van der Waals surface area contributed by atoms with Crippen molar-refractivity contribution in [2.75, 3.05) is 18.1 Å². The van der Waals surface area contributed by atoms with Crippen molar-refractivity contribution in [3.63, 3.8) is 0 Å². The number of hydrogen-bond donors (Lipinski definition) is 1. The highest BCUT2D eigenvalue weighted by Crippen LogP contribution is 2.37. The van der Waals surface area contributed by atoms with Gasteiger partial charge < -0.3 is 10.0 Å². The molecular formula is C14H19NO5S2. The van der Waals surface area contributed by atoms with E-state index in [4.69, 9.17) is 0 Å². The van der Waals surface area contributed by atoms with E-state index in [1.165, 1.54) is 16.2 Å². The number of hydrogen-bond acceptors (Lipinski definition) is 5. The summed E-state index contributed by atoms with van der Waals surface area (Å²) in [6.45, 7) is 1.60. The standard InChI is InChI=1S/C14H19NO5S2/c1-2-22(19,20)8-6-15-12(16)4-3-11(14(17)18)13(15)10-5-7-21-9-10/h5,7,9,11,13H,2-4,6,8H2,1H3,(H,17,18). The average Bonchev–Trinajstić information content (AvgIpc) is 2.99. The summed E-state index contributed by atoms with van der Waals surface area (Å²) < 4.78 is 23.4. The molecule has 0 bridgehead atoms. The van der Waals surface area contributed by atoms with Gasteiger partial charge in [0.2, 0.25) is 5.91 Å². The summed E-state index contributed by atoms with van der Waals surface area (Å²) in [5.41, 5.74) is 0.763. The maximum Gasteiger partial charge on any atom is 0.308 e. The first-order valence-corrected chi connectivity index (χ1v) is 9.87. The third-order valence-corrected chi connectivity index (χ3v) is 6.38. The SMILES string of the molecule is CCS(=O)(=O)CCN1C(=O)CCC(C(=O)O)C1c1ccsc1. The number of aliphatic carboxylic acids is 1. The van der Waals surface area contributed by atoms with Crippen LogP contribution in [0.4, 0.5) is 0 Å². The maximum atomic E-state index is 12.2. The van der Waals surface area contributed by atoms with Crippen LogP contribution in [0.2, 0.25) is 0 Å². The van der Waals surface area contributed by atoms with Crippen molar-refractivity contribution >= 4 is 33.1 Å². The van der Waals surface area contributed by atoms with Gasteiger partial charge in [-0.25, -0.2) is 8.42 Å². The first-order chi connectivity index (χ1) is 10.4. The Labute approximate surface area is 133 Å². The van der Waals surface area contributed by atoms with Gasteiger partial charge >= 0.3 is 5.97 Å². The molecule has 2 rings (SSSR count). The number of carbonyl (C=O) groups is 2. The highest BCUT2D eigenvalue weighted by molar-refractivity contribution is 7.91. The molecule has 0 saturated carbocycles. The van der Waals surface area contributed by atoms with Gasteiger partial charge in [-0.15, -0.1) is 0 Å². The van der Waals surface area contributed by atoms with Crippen molar-refractivity contribution in [3.8, 4) is 0 Å². The van der Waals surface area contributed by atoms with Crippen LogP contribution >= 0.6 is 11.3 Å². The number of nitrogens with zero attached hydrogens (tertiary/aromatic N) is 1. The molecule has 1 aromatic rings. The smallest absolute Gasteiger partial charge is 0.308 e. The Hall–Kier alpha value is -1.41. The van der Waals surface area contributed by atoms with Gasteiger partial charge in [0.15, 0.2) is 9.84 Å². The summed E-state index contributed by atoms with van der Waals surface area (Å²) in [6, 6.07) is 1.21. The molecule has 22 heavy (non-hydrogen) atoms. The zero-order chi connectivity index (χ0) is 16.3. The first-order valence-electron chi connectivity index (χ1n) is 7.10. The maximum absolute atomic E-state index is 12.2. The molecule has 2 atom stereocenters. The number of carboxylic acid groups (broad SMARTS) is 1. The van der Waals surface area contributed by atoms with E-state index >= 15 is 0 Å². The van der Waals surface area contributed by atoms with Crippen LogP contribution in [0.5, 0.6) is 0 Å². The van der Waals surface area contributed by atoms with E-state index in [9.17, 15) is 23.1 Å². The highest BCUT2D eigenvalue weighted by atomic mass is 32.2. The molecule has 0 aromatic carbocycles. The Bertz CT molecular complexity index is 638. The lowest BCUT2D eigenvalue weighted by Gasteiger charge is -2.39. The first kappa shape index (κ1) is 17.0. The number of carboxylic acids is 1. The Balaban J connectivity index is 2.29. The van der Waals surface area contributed by atoms with E-state index in [1.54, 1.807) is 13.0 Å². The molecule has 1 fully saturated rings. The molecule has 1 amide bonds. The van der Waals surface area contributed by atoms with E-state index in [1.807, 2.05) is 10.8 Å². The van der Waals surface area contributed by atoms with Crippen LogP contribution in [0.15, 0.2) is 16.8 Å². The summed E-state index contributed by atoms with van der Waals surface area (Å²) in [4.78, 5) is 25.2. The van der Waals surface area contributed by atoms with Gasteiger partial charge in [-0.05, 0) is 28.8 Å². The molecule has 0 spiro atoms. The van der Waals surface area contributed by atoms with E-state index in [0.29, 0.717) is 0 Å². The number of likely N-dealkylation sites (tertiary alicyclic amines) is 1. The summed E-state index contributed by atoms with van der Waals surface area (Å²) in [5.74, 6) is -1.95. The zero-order valence-electron chi connectivity index (χ0n) is 12.3. The average molecular weight is 345 g/mol.